The predicted octanol–water partition coefficient (Wildman–Crippen LogP) is 7.71. The number of halogens is 3. The van der Waals surface area contributed by atoms with E-state index in [0.717, 1.165) is 55.2 Å². The molecular weight excluding hydrogens is 718 g/mol. The van der Waals surface area contributed by atoms with Crippen LogP contribution < -0.4 is 16.4 Å². The lowest BCUT2D eigenvalue weighted by Crippen LogP contribution is -2.53. The number of nitrogens with two attached hydrogens (primary N) is 1. The first kappa shape index (κ1) is 39.0. The number of benzene rings is 4. The van der Waals surface area contributed by atoms with Gasteiger partial charge in [0.05, 0.1) is 22.2 Å². The topological polar surface area (TPSA) is 113 Å². The van der Waals surface area contributed by atoms with Gasteiger partial charge in [0.15, 0.2) is 0 Å². The maximum absolute atomic E-state index is 13.6. The van der Waals surface area contributed by atoms with E-state index in [-0.39, 0.29) is 18.5 Å². The highest BCUT2D eigenvalue weighted by Gasteiger charge is 2.43. The van der Waals surface area contributed by atoms with E-state index in [0.29, 0.717) is 48.2 Å². The van der Waals surface area contributed by atoms with Crippen molar-refractivity contribution in [2.75, 3.05) is 31.6 Å². The van der Waals surface area contributed by atoms with Crippen molar-refractivity contribution in [3.63, 3.8) is 0 Å². The predicted molar refractivity (Wildman–Crippen MR) is 211 cm³/mol. The Morgan fingerprint density at radius 3 is 2.32 bits per heavy atom. The van der Waals surface area contributed by atoms with Crippen molar-refractivity contribution in [3.8, 4) is 0 Å². The highest BCUT2D eigenvalue weighted by molar-refractivity contribution is 5.97. The minimum absolute atomic E-state index is 0.0983. The SMILES string of the molecule is CCOC1CC(Nc2ccc(C(=O)NC3CCN(Cc4ccccc4)CC3)cc2)(c2cccc3cc(C(N)=O)cnc23)CCN1Cc1cccc(C(F)(F)F)c1. The standard InChI is InChI=1S/C44H47F3N6O3/c1-2-56-39-26-43(38-13-7-11-33-25-34(41(48)54)27-49-40(33)38,20-23-53(39)29-31-10-6-12-35(24-31)44(45,46)47)51-37-16-14-32(15-17-37)42(55)50-36-18-21-52(22-19-36)28-30-8-4-3-5-9-30/h3-17,24-25,27,36,39,51H,2,18-23,26,28-29H2,1H3,(H2,48,54)(H,50,55). The summed E-state index contributed by atoms with van der Waals surface area (Å²) in [6, 6.07) is 30.9. The summed E-state index contributed by atoms with van der Waals surface area (Å²) in [7, 11) is 0. The Hall–Kier alpha value is -5.30. The molecule has 292 valence electrons. The van der Waals surface area contributed by atoms with Gasteiger partial charge in [-0.15, -0.1) is 0 Å². The highest BCUT2D eigenvalue weighted by atomic mass is 19.4. The summed E-state index contributed by atoms with van der Waals surface area (Å²) in [5.41, 5.74) is 9.20. The van der Waals surface area contributed by atoms with Crippen LogP contribution in [-0.2, 0) is 29.5 Å². The fourth-order valence-electron chi connectivity index (χ4n) is 8.06. The quantitative estimate of drug-likeness (QED) is 0.119. The minimum atomic E-state index is -4.44. The molecule has 0 aliphatic carbocycles. The first-order valence-electron chi connectivity index (χ1n) is 19.2. The molecule has 4 aromatic carbocycles. The van der Waals surface area contributed by atoms with Crippen molar-refractivity contribution >= 4 is 28.4 Å². The summed E-state index contributed by atoms with van der Waals surface area (Å²) >= 11 is 0. The van der Waals surface area contributed by atoms with Gasteiger partial charge in [-0.1, -0.05) is 66.7 Å². The van der Waals surface area contributed by atoms with Gasteiger partial charge in [-0.2, -0.15) is 13.2 Å². The number of fused-ring (bicyclic) bond motifs is 1. The van der Waals surface area contributed by atoms with Crippen LogP contribution in [0.25, 0.3) is 10.9 Å². The molecule has 12 heteroatoms. The van der Waals surface area contributed by atoms with Crippen LogP contribution in [0.5, 0.6) is 0 Å². The molecular formula is C44H47F3N6O3. The molecule has 5 aromatic rings. The molecule has 2 fully saturated rings. The Morgan fingerprint density at radius 2 is 1.61 bits per heavy atom. The number of carbonyl (C=O) groups excluding carboxylic acids is 2. The Balaban J connectivity index is 1.11. The zero-order valence-electron chi connectivity index (χ0n) is 31.4. The maximum Gasteiger partial charge on any atom is 0.416 e. The van der Waals surface area contributed by atoms with Crippen molar-refractivity contribution < 1.29 is 27.5 Å². The van der Waals surface area contributed by atoms with E-state index in [4.69, 9.17) is 15.5 Å². The summed E-state index contributed by atoms with van der Waals surface area (Å²) < 4.78 is 47.1. The largest absolute Gasteiger partial charge is 0.416 e. The van der Waals surface area contributed by atoms with Gasteiger partial charge in [0.2, 0.25) is 5.91 Å². The van der Waals surface area contributed by atoms with E-state index in [2.05, 4.69) is 44.7 Å². The fourth-order valence-corrected chi connectivity index (χ4v) is 8.06. The highest BCUT2D eigenvalue weighted by Crippen LogP contribution is 2.43. The number of likely N-dealkylation sites (tertiary alicyclic amines) is 2. The summed E-state index contributed by atoms with van der Waals surface area (Å²) in [4.78, 5) is 34.6. The zero-order chi connectivity index (χ0) is 39.3. The summed E-state index contributed by atoms with van der Waals surface area (Å²) in [6.07, 6.45) is -0.671. The normalized spacial score (nSPS) is 19.8. The number of anilines is 1. The Kier molecular flexibility index (Phi) is 11.7. The van der Waals surface area contributed by atoms with E-state index in [1.165, 1.54) is 23.9 Å². The molecule has 9 nitrogen and oxygen atoms in total. The van der Waals surface area contributed by atoms with Crippen molar-refractivity contribution in [3.05, 3.63) is 143 Å². The van der Waals surface area contributed by atoms with Gasteiger partial charge in [0.25, 0.3) is 5.91 Å². The van der Waals surface area contributed by atoms with Crippen LogP contribution in [0, 0.1) is 0 Å². The van der Waals surface area contributed by atoms with E-state index >= 15 is 0 Å². The monoisotopic (exact) mass is 764 g/mol. The fraction of sp³-hybridized carbons (Fsp3) is 0.341. The number of hydrogen-bond donors (Lipinski definition) is 3. The van der Waals surface area contributed by atoms with Crippen LogP contribution in [0.3, 0.4) is 0 Å². The number of alkyl halides is 3. The Morgan fingerprint density at radius 1 is 0.875 bits per heavy atom. The second kappa shape index (κ2) is 16.8. The summed E-state index contributed by atoms with van der Waals surface area (Å²) in [5, 5.41) is 7.77. The number of nitrogens with one attached hydrogen (secondary N) is 2. The van der Waals surface area contributed by atoms with Gasteiger partial charge in [0, 0.05) is 80.2 Å². The number of hydrogen-bond acceptors (Lipinski definition) is 7. The van der Waals surface area contributed by atoms with E-state index in [1.807, 2.05) is 55.5 Å². The molecule has 3 heterocycles. The van der Waals surface area contributed by atoms with Crippen LogP contribution in [-0.4, -0.2) is 65.1 Å². The molecule has 2 aliphatic heterocycles. The van der Waals surface area contributed by atoms with Crippen LogP contribution in [0.2, 0.25) is 0 Å². The number of rotatable bonds is 12. The van der Waals surface area contributed by atoms with Crippen LogP contribution in [0.1, 0.15) is 75.6 Å². The number of ether oxygens (including phenoxy) is 1. The van der Waals surface area contributed by atoms with Gasteiger partial charge >= 0.3 is 6.18 Å². The van der Waals surface area contributed by atoms with Gasteiger partial charge < -0.3 is 21.1 Å². The summed E-state index contributed by atoms with van der Waals surface area (Å²) in [5.74, 6) is -0.690. The molecule has 2 amide bonds. The number of para-hydroxylation sites is 1. The lowest BCUT2D eigenvalue weighted by molar-refractivity contribution is -0.137. The molecule has 1 aromatic heterocycles. The average Bonchev–Trinajstić information content (AvgIpc) is 3.20. The Labute approximate surface area is 325 Å². The van der Waals surface area contributed by atoms with Crippen molar-refractivity contribution in [2.45, 2.75) is 69.7 Å². The van der Waals surface area contributed by atoms with Gasteiger partial charge in [-0.25, -0.2) is 0 Å². The molecule has 56 heavy (non-hydrogen) atoms. The van der Waals surface area contributed by atoms with E-state index in [9.17, 15) is 22.8 Å². The van der Waals surface area contributed by atoms with Crippen LogP contribution in [0.4, 0.5) is 18.9 Å². The van der Waals surface area contributed by atoms with Crippen LogP contribution in [0.15, 0.2) is 109 Å². The zero-order valence-corrected chi connectivity index (χ0v) is 31.4. The minimum Gasteiger partial charge on any atom is -0.375 e. The third kappa shape index (κ3) is 9.04. The number of nitrogens with zero attached hydrogens (tertiary/aromatic N) is 3. The number of amides is 2. The number of pyridine rings is 1. The Bertz CT molecular complexity index is 2140. The average molecular weight is 765 g/mol. The number of piperidine rings is 2. The van der Waals surface area contributed by atoms with Gasteiger partial charge in [-0.05, 0) is 73.7 Å². The molecule has 4 N–H and O–H groups in total. The lowest BCUT2D eigenvalue weighted by atomic mass is 9.78. The smallest absolute Gasteiger partial charge is 0.375 e. The molecule has 2 unspecified atom stereocenters. The molecule has 0 radical (unpaired) electrons. The molecule has 0 spiro atoms. The molecule has 2 saturated heterocycles. The van der Waals surface area contributed by atoms with Gasteiger partial charge in [0.1, 0.15) is 6.23 Å². The second-order valence-electron chi connectivity index (χ2n) is 14.8. The van der Waals surface area contributed by atoms with E-state index < -0.39 is 29.4 Å². The third-order valence-electron chi connectivity index (χ3n) is 11.0. The number of aromatic nitrogens is 1. The van der Waals surface area contributed by atoms with Gasteiger partial charge in [-0.3, -0.25) is 24.4 Å². The molecule has 2 aliphatic rings. The molecule has 0 bridgehead atoms. The summed E-state index contributed by atoms with van der Waals surface area (Å²) in [6.45, 7) is 5.79. The van der Waals surface area contributed by atoms with Crippen molar-refractivity contribution in [2.24, 2.45) is 5.73 Å². The molecule has 7 rings (SSSR count). The van der Waals surface area contributed by atoms with Crippen molar-refractivity contribution in [1.29, 1.82) is 0 Å². The maximum atomic E-state index is 13.6. The lowest BCUT2D eigenvalue weighted by Gasteiger charge is -2.47. The second-order valence-corrected chi connectivity index (χ2v) is 14.8. The van der Waals surface area contributed by atoms with Crippen LogP contribution >= 0.6 is 0 Å². The first-order chi connectivity index (χ1) is 27.0. The first-order valence-corrected chi connectivity index (χ1v) is 19.2. The third-order valence-corrected chi connectivity index (χ3v) is 11.0. The molecule has 0 saturated carbocycles. The van der Waals surface area contributed by atoms with E-state index in [1.54, 1.807) is 12.1 Å². The number of primary amides is 1. The number of carbonyl (C=O) groups is 2. The molecule has 2 atom stereocenters. The van der Waals surface area contributed by atoms with Crippen molar-refractivity contribution in [1.82, 2.24) is 20.1 Å².